The first-order valence-corrected chi connectivity index (χ1v) is 5.37. The molecule has 0 atom stereocenters. The number of ether oxygens (including phenoxy) is 1. The van der Waals surface area contributed by atoms with E-state index < -0.39 is 11.7 Å². The van der Waals surface area contributed by atoms with Crippen LogP contribution in [0.2, 0.25) is 0 Å². The lowest BCUT2D eigenvalue weighted by atomic mass is 10.1. The molecule has 0 bridgehead atoms. The molecule has 0 aliphatic carbocycles. The predicted octanol–water partition coefficient (Wildman–Crippen LogP) is 4.81. The first-order valence-electron chi connectivity index (χ1n) is 5.37. The van der Waals surface area contributed by atoms with Crippen molar-refractivity contribution in [2.75, 3.05) is 0 Å². The van der Waals surface area contributed by atoms with E-state index in [1.807, 2.05) is 6.07 Å². The maximum atomic E-state index is 12.6. The van der Waals surface area contributed by atoms with Crippen molar-refractivity contribution >= 4 is 0 Å². The monoisotopic (exact) mass is 252 g/mol. The fourth-order valence-electron chi connectivity index (χ4n) is 1.50. The molecule has 0 aliphatic rings. The van der Waals surface area contributed by atoms with Gasteiger partial charge in [0.1, 0.15) is 11.5 Å². The number of hydrogen-bond acceptors (Lipinski definition) is 1. The minimum absolute atomic E-state index is 0.219. The molecule has 1 nitrogen and oxygen atoms in total. The smallest absolute Gasteiger partial charge is 0.416 e. The van der Waals surface area contributed by atoms with Crippen LogP contribution in [0.25, 0.3) is 0 Å². The van der Waals surface area contributed by atoms with Crippen molar-refractivity contribution in [1.82, 2.24) is 0 Å². The van der Waals surface area contributed by atoms with Gasteiger partial charge in [-0.05, 0) is 36.8 Å². The van der Waals surface area contributed by atoms with Crippen LogP contribution in [0.15, 0.2) is 48.5 Å². The molecule has 0 radical (unpaired) electrons. The van der Waals surface area contributed by atoms with E-state index in [0.717, 1.165) is 12.1 Å². The van der Waals surface area contributed by atoms with E-state index in [1.54, 1.807) is 31.2 Å². The van der Waals surface area contributed by atoms with Crippen LogP contribution in [0.5, 0.6) is 11.5 Å². The zero-order chi connectivity index (χ0) is 13.2. The second-order valence-corrected chi connectivity index (χ2v) is 3.89. The van der Waals surface area contributed by atoms with Crippen LogP contribution >= 0.6 is 0 Å². The highest BCUT2D eigenvalue weighted by Gasteiger charge is 2.31. The summed E-state index contributed by atoms with van der Waals surface area (Å²) in [5, 5.41) is 0. The van der Waals surface area contributed by atoms with Crippen molar-refractivity contribution < 1.29 is 17.9 Å². The van der Waals surface area contributed by atoms with Crippen molar-refractivity contribution in [3.05, 3.63) is 59.7 Å². The molecule has 2 rings (SSSR count). The summed E-state index contributed by atoms with van der Waals surface area (Å²) >= 11 is 0. The van der Waals surface area contributed by atoms with E-state index in [1.165, 1.54) is 6.07 Å². The van der Waals surface area contributed by atoms with Gasteiger partial charge in [0.2, 0.25) is 0 Å². The van der Waals surface area contributed by atoms with E-state index >= 15 is 0 Å². The minimum Gasteiger partial charge on any atom is -0.457 e. The highest BCUT2D eigenvalue weighted by molar-refractivity contribution is 5.40. The summed E-state index contributed by atoms with van der Waals surface area (Å²) in [5.74, 6) is 0.732. The Kier molecular flexibility index (Phi) is 3.28. The second kappa shape index (κ2) is 4.72. The van der Waals surface area contributed by atoms with E-state index in [2.05, 4.69) is 0 Å². The molecule has 0 saturated carbocycles. The fourth-order valence-corrected chi connectivity index (χ4v) is 1.50. The van der Waals surface area contributed by atoms with Gasteiger partial charge < -0.3 is 4.74 Å². The third kappa shape index (κ3) is 2.83. The Morgan fingerprint density at radius 1 is 0.944 bits per heavy atom. The first-order chi connectivity index (χ1) is 8.47. The molecule has 0 N–H and O–H groups in total. The number of aryl methyl sites for hydroxylation is 1. The Hall–Kier alpha value is -1.97. The van der Waals surface area contributed by atoms with E-state index in [0.29, 0.717) is 11.3 Å². The predicted molar refractivity (Wildman–Crippen MR) is 62.7 cm³/mol. The number of halogens is 3. The summed E-state index contributed by atoms with van der Waals surface area (Å²) in [6.45, 7) is 1.71. The molecule has 0 spiro atoms. The fraction of sp³-hybridized carbons (Fsp3) is 0.143. The quantitative estimate of drug-likeness (QED) is 0.745. The molecule has 0 aliphatic heterocycles. The molecule has 94 valence electrons. The first kappa shape index (κ1) is 12.5. The highest BCUT2D eigenvalue weighted by Crippen LogP contribution is 2.34. The van der Waals surface area contributed by atoms with Gasteiger partial charge in [-0.1, -0.05) is 24.3 Å². The summed E-state index contributed by atoms with van der Waals surface area (Å²) < 4.78 is 43.2. The normalized spacial score (nSPS) is 11.3. The third-order valence-corrected chi connectivity index (χ3v) is 2.49. The lowest BCUT2D eigenvalue weighted by molar-refractivity contribution is -0.137. The van der Waals surface area contributed by atoms with Crippen LogP contribution in [0.3, 0.4) is 0 Å². The molecule has 2 aromatic carbocycles. The third-order valence-electron chi connectivity index (χ3n) is 2.49. The van der Waals surface area contributed by atoms with Crippen LogP contribution in [0.1, 0.15) is 11.1 Å². The molecular weight excluding hydrogens is 241 g/mol. The van der Waals surface area contributed by atoms with Gasteiger partial charge in [0.05, 0.1) is 5.56 Å². The van der Waals surface area contributed by atoms with Gasteiger partial charge in [-0.3, -0.25) is 0 Å². The van der Waals surface area contributed by atoms with Gasteiger partial charge in [-0.25, -0.2) is 0 Å². The molecule has 18 heavy (non-hydrogen) atoms. The molecular formula is C14H11F3O. The summed E-state index contributed by atoms with van der Waals surface area (Å²) in [4.78, 5) is 0. The SMILES string of the molecule is Cc1ccc(C(F)(F)F)cc1Oc1ccccc1. The van der Waals surface area contributed by atoms with E-state index in [9.17, 15) is 13.2 Å². The Morgan fingerprint density at radius 2 is 1.61 bits per heavy atom. The van der Waals surface area contributed by atoms with Crippen LogP contribution in [-0.4, -0.2) is 0 Å². The average Bonchev–Trinajstić information content (AvgIpc) is 2.32. The maximum absolute atomic E-state index is 12.6. The standard InChI is InChI=1S/C14H11F3O/c1-10-7-8-11(14(15,16)17)9-13(10)18-12-5-3-2-4-6-12/h2-9H,1H3. The number of rotatable bonds is 2. The van der Waals surface area contributed by atoms with Crippen LogP contribution in [0, 0.1) is 6.92 Å². The summed E-state index contributed by atoms with van der Waals surface area (Å²) in [7, 11) is 0. The van der Waals surface area contributed by atoms with E-state index in [4.69, 9.17) is 4.74 Å². The van der Waals surface area contributed by atoms with Crippen LogP contribution in [-0.2, 0) is 6.18 Å². The Bertz CT molecular complexity index is 532. The molecule has 4 heteroatoms. The van der Waals surface area contributed by atoms with Gasteiger partial charge in [-0.2, -0.15) is 13.2 Å². The summed E-state index contributed by atoms with van der Waals surface area (Å²) in [6, 6.07) is 12.2. The number of para-hydroxylation sites is 1. The molecule has 0 saturated heterocycles. The molecule has 0 amide bonds. The Balaban J connectivity index is 2.33. The number of benzene rings is 2. The van der Waals surface area contributed by atoms with Crippen molar-refractivity contribution in [3.63, 3.8) is 0 Å². The van der Waals surface area contributed by atoms with Crippen molar-refractivity contribution in [3.8, 4) is 11.5 Å². The zero-order valence-corrected chi connectivity index (χ0v) is 9.66. The van der Waals surface area contributed by atoms with Gasteiger partial charge >= 0.3 is 6.18 Å². The van der Waals surface area contributed by atoms with Crippen molar-refractivity contribution in [1.29, 1.82) is 0 Å². The lowest BCUT2D eigenvalue weighted by Crippen LogP contribution is -2.05. The Morgan fingerprint density at radius 3 is 2.22 bits per heavy atom. The van der Waals surface area contributed by atoms with Gasteiger partial charge in [-0.15, -0.1) is 0 Å². The van der Waals surface area contributed by atoms with Crippen molar-refractivity contribution in [2.24, 2.45) is 0 Å². The maximum Gasteiger partial charge on any atom is 0.416 e. The molecule has 0 unspecified atom stereocenters. The average molecular weight is 252 g/mol. The topological polar surface area (TPSA) is 9.23 Å². The van der Waals surface area contributed by atoms with E-state index in [-0.39, 0.29) is 5.75 Å². The van der Waals surface area contributed by atoms with Gasteiger partial charge in [0, 0.05) is 0 Å². The number of alkyl halides is 3. The van der Waals surface area contributed by atoms with Crippen LogP contribution < -0.4 is 4.74 Å². The van der Waals surface area contributed by atoms with Crippen molar-refractivity contribution in [2.45, 2.75) is 13.1 Å². The lowest BCUT2D eigenvalue weighted by Gasteiger charge is -2.12. The largest absolute Gasteiger partial charge is 0.457 e. The summed E-state index contributed by atoms with van der Waals surface area (Å²) in [5.41, 5.74) is -0.0501. The number of hydrogen-bond donors (Lipinski definition) is 0. The summed E-state index contributed by atoms with van der Waals surface area (Å²) in [6.07, 6.45) is -4.36. The molecule has 0 heterocycles. The highest BCUT2D eigenvalue weighted by atomic mass is 19.4. The molecule has 0 aromatic heterocycles. The molecule has 0 fully saturated rings. The minimum atomic E-state index is -4.36. The molecule has 2 aromatic rings. The van der Waals surface area contributed by atoms with Crippen LogP contribution in [0.4, 0.5) is 13.2 Å². The zero-order valence-electron chi connectivity index (χ0n) is 9.66. The second-order valence-electron chi connectivity index (χ2n) is 3.89. The Labute approximate surface area is 103 Å². The van der Waals surface area contributed by atoms with Gasteiger partial charge in [0.15, 0.2) is 0 Å². The van der Waals surface area contributed by atoms with Gasteiger partial charge in [0.25, 0.3) is 0 Å².